The van der Waals surface area contributed by atoms with E-state index in [0.29, 0.717) is 36.4 Å². The molecule has 8 rings (SSSR count). The predicted molar refractivity (Wildman–Crippen MR) is 216 cm³/mol. The molecule has 53 heavy (non-hydrogen) atoms. The lowest BCUT2D eigenvalue weighted by Gasteiger charge is -2.37. The second kappa shape index (κ2) is 17.0. The number of aromatic nitrogens is 2. The third-order valence-corrected chi connectivity index (χ3v) is 11.9. The van der Waals surface area contributed by atoms with Gasteiger partial charge in [-0.15, -0.1) is 0 Å². The molecule has 4 aliphatic rings. The van der Waals surface area contributed by atoms with Crippen LogP contribution in [0.3, 0.4) is 0 Å². The first-order chi connectivity index (χ1) is 25.4. The number of fused-ring (bicyclic) bond motifs is 6. The average Bonchev–Trinajstić information content (AvgIpc) is 3.80. The van der Waals surface area contributed by atoms with Crippen molar-refractivity contribution in [1.29, 1.82) is 0 Å². The van der Waals surface area contributed by atoms with Crippen LogP contribution in [0.1, 0.15) is 128 Å². The Morgan fingerprint density at radius 2 is 1.32 bits per heavy atom. The van der Waals surface area contributed by atoms with E-state index in [1.807, 2.05) is 43.0 Å². The van der Waals surface area contributed by atoms with E-state index < -0.39 is 5.92 Å². The van der Waals surface area contributed by atoms with Crippen LogP contribution in [0, 0.1) is 11.8 Å². The summed E-state index contributed by atoms with van der Waals surface area (Å²) in [5.74, 6) is -1.36. The Morgan fingerprint density at radius 3 is 1.85 bits per heavy atom. The fraction of sp³-hybridized carbons (Fsp3) is 0.605. The maximum atomic E-state index is 13.4. The molecule has 2 aromatic heterocycles. The van der Waals surface area contributed by atoms with Crippen LogP contribution >= 0.6 is 23.2 Å². The van der Waals surface area contributed by atoms with E-state index >= 15 is 0 Å². The second-order valence-electron chi connectivity index (χ2n) is 16.3. The lowest BCUT2D eigenvalue weighted by molar-refractivity contribution is -0.133. The van der Waals surface area contributed by atoms with Gasteiger partial charge < -0.3 is 20.2 Å². The van der Waals surface area contributed by atoms with E-state index in [2.05, 4.69) is 60.0 Å². The number of halogens is 4. The number of aromatic amines is 2. The molecule has 0 spiro atoms. The summed E-state index contributed by atoms with van der Waals surface area (Å²) in [6, 6.07) is 13.5. The molecule has 2 saturated carbocycles. The Hall–Kier alpha value is -2.65. The van der Waals surface area contributed by atoms with Crippen molar-refractivity contribution in [3.63, 3.8) is 0 Å². The molecule has 4 heterocycles. The predicted octanol–water partition coefficient (Wildman–Crippen LogP) is 11.4. The molecule has 3 N–H and O–H groups in total. The maximum Gasteiger partial charge on any atom is 0.248 e. The fourth-order valence-electron chi connectivity index (χ4n) is 8.81. The quantitative estimate of drug-likeness (QED) is 0.167. The van der Waals surface area contributed by atoms with Crippen LogP contribution in [-0.2, 0) is 17.6 Å². The normalized spacial score (nSPS) is 21.6. The molecule has 0 bridgehead atoms. The van der Waals surface area contributed by atoms with Gasteiger partial charge in [0, 0.05) is 81.3 Å². The molecule has 2 aliphatic carbocycles. The fourth-order valence-corrected chi connectivity index (χ4v) is 9.15. The van der Waals surface area contributed by atoms with Gasteiger partial charge in [-0.2, -0.15) is 0 Å². The molecular formula is C43H59Cl2F2N5O. The molecular weight excluding hydrogens is 711 g/mol. The molecule has 290 valence electrons. The van der Waals surface area contributed by atoms with Gasteiger partial charge >= 0.3 is 0 Å². The van der Waals surface area contributed by atoms with Crippen LogP contribution in [0.4, 0.5) is 8.78 Å². The van der Waals surface area contributed by atoms with Gasteiger partial charge in [0.2, 0.25) is 11.8 Å². The van der Waals surface area contributed by atoms with Crippen molar-refractivity contribution < 1.29 is 13.6 Å². The summed E-state index contributed by atoms with van der Waals surface area (Å²) in [4.78, 5) is 25.1. The number of nitrogens with one attached hydrogen (secondary N) is 3. The van der Waals surface area contributed by atoms with Crippen LogP contribution < -0.4 is 5.32 Å². The van der Waals surface area contributed by atoms with Crippen molar-refractivity contribution in [2.45, 2.75) is 136 Å². The van der Waals surface area contributed by atoms with E-state index in [9.17, 15) is 13.6 Å². The highest BCUT2D eigenvalue weighted by Crippen LogP contribution is 2.44. The van der Waals surface area contributed by atoms with Gasteiger partial charge in [-0.1, -0.05) is 64.7 Å². The van der Waals surface area contributed by atoms with Gasteiger partial charge in [0.05, 0.1) is 18.6 Å². The zero-order valence-corrected chi connectivity index (χ0v) is 33.9. The third-order valence-electron chi connectivity index (χ3n) is 11.5. The number of benzene rings is 2. The van der Waals surface area contributed by atoms with E-state index in [0.717, 1.165) is 52.8 Å². The minimum Gasteiger partial charge on any atom is -0.357 e. The zero-order chi connectivity index (χ0) is 38.0. The lowest BCUT2D eigenvalue weighted by atomic mass is 9.91. The van der Waals surface area contributed by atoms with Gasteiger partial charge in [0.15, 0.2) is 0 Å². The highest BCUT2D eigenvalue weighted by atomic mass is 35.5. The summed E-state index contributed by atoms with van der Waals surface area (Å²) >= 11 is 12.4. The number of carbonyl (C=O) groups is 1. The standard InChI is InChI=1S/C23H30ClF2N3O.C18H23ClN2.C2H6/c1-14(2)11-20-22-17(18-12-15(24)3-4-19(18)28-22)7-10-29(20)21(30)13-27-16-5-8-23(25,26)9-6-16;1-11(2)9-17-18-14(7-8-21(17)13-4-5-13)15-10-12(19)3-6-16(15)20-18;1-2/h3-4,12,14,16,20,27-28H,5-11,13H2,1-2H3;3,6,10-11,13,17,20H,4-5,7-9H2,1-2H3;1-2H3. The molecule has 10 heteroatoms. The van der Waals surface area contributed by atoms with E-state index in [4.69, 9.17) is 23.2 Å². The van der Waals surface area contributed by atoms with Crippen molar-refractivity contribution in [2.75, 3.05) is 19.6 Å². The SMILES string of the molecule is CC.CC(C)CC1c2[nH]c3ccc(Cl)cc3c2CCN1C(=O)CNC1CCC(F)(F)CC1.CC(C)CC1c2[nH]c3ccc(Cl)cc3c2CCN1C1CC1. The molecule has 2 aromatic carbocycles. The van der Waals surface area contributed by atoms with Crippen molar-refractivity contribution in [2.24, 2.45) is 11.8 Å². The first kappa shape index (κ1) is 40.0. The average molecular weight is 771 g/mol. The summed E-state index contributed by atoms with van der Waals surface area (Å²) in [5.41, 5.74) is 7.63. The molecule has 1 amide bonds. The topological polar surface area (TPSA) is 67.2 Å². The zero-order valence-electron chi connectivity index (χ0n) is 32.4. The molecule has 2 unspecified atom stereocenters. The number of hydrogen-bond acceptors (Lipinski definition) is 3. The molecule has 6 nitrogen and oxygen atoms in total. The Kier molecular flexibility index (Phi) is 12.8. The number of carbonyl (C=O) groups excluding carboxylic acids is 1. The number of alkyl halides is 2. The van der Waals surface area contributed by atoms with Crippen molar-refractivity contribution in [1.82, 2.24) is 25.1 Å². The van der Waals surface area contributed by atoms with Crippen LogP contribution in [0.5, 0.6) is 0 Å². The highest BCUT2D eigenvalue weighted by molar-refractivity contribution is 6.31. The number of rotatable bonds is 8. The summed E-state index contributed by atoms with van der Waals surface area (Å²) in [7, 11) is 0. The highest BCUT2D eigenvalue weighted by Gasteiger charge is 2.40. The van der Waals surface area contributed by atoms with Gasteiger partial charge in [-0.25, -0.2) is 8.78 Å². The van der Waals surface area contributed by atoms with Crippen molar-refractivity contribution in [3.8, 4) is 0 Å². The molecule has 2 atom stereocenters. The molecule has 2 fully saturated rings. The number of nitrogens with zero attached hydrogens (tertiary/aromatic N) is 2. The molecule has 0 saturated heterocycles. The van der Waals surface area contributed by atoms with Crippen molar-refractivity contribution >= 4 is 50.9 Å². The summed E-state index contributed by atoms with van der Waals surface area (Å²) < 4.78 is 26.8. The third kappa shape index (κ3) is 9.25. The van der Waals surface area contributed by atoms with E-state index in [1.54, 1.807) is 0 Å². The van der Waals surface area contributed by atoms with Gasteiger partial charge in [-0.3, -0.25) is 9.69 Å². The Bertz CT molecular complexity index is 1850. The van der Waals surface area contributed by atoms with Gasteiger partial charge in [0.25, 0.3) is 0 Å². The molecule has 0 radical (unpaired) electrons. The Balaban J connectivity index is 0.000000183. The number of hydrogen-bond donors (Lipinski definition) is 3. The largest absolute Gasteiger partial charge is 0.357 e. The van der Waals surface area contributed by atoms with E-state index in [-0.39, 0.29) is 37.4 Å². The first-order valence-electron chi connectivity index (χ1n) is 20.1. The van der Waals surface area contributed by atoms with Crippen LogP contribution in [0.15, 0.2) is 36.4 Å². The van der Waals surface area contributed by atoms with E-state index in [1.165, 1.54) is 53.5 Å². The van der Waals surface area contributed by atoms with Crippen LogP contribution in [0.25, 0.3) is 21.8 Å². The Morgan fingerprint density at radius 1 is 0.811 bits per heavy atom. The van der Waals surface area contributed by atoms with Crippen LogP contribution in [-0.4, -0.2) is 63.3 Å². The van der Waals surface area contributed by atoms with Gasteiger partial charge in [-0.05, 0) is 111 Å². The molecule has 4 aromatic rings. The maximum absolute atomic E-state index is 13.4. The summed E-state index contributed by atoms with van der Waals surface area (Å²) in [6.45, 7) is 15.1. The number of H-pyrrole nitrogens is 2. The van der Waals surface area contributed by atoms with Crippen molar-refractivity contribution in [3.05, 3.63) is 69.0 Å². The smallest absolute Gasteiger partial charge is 0.248 e. The second-order valence-corrected chi connectivity index (χ2v) is 17.1. The Labute approximate surface area is 324 Å². The number of amides is 1. The summed E-state index contributed by atoms with van der Waals surface area (Å²) in [6.07, 6.45) is 7.46. The minimum absolute atomic E-state index is 0.00677. The first-order valence-corrected chi connectivity index (χ1v) is 20.9. The molecule has 2 aliphatic heterocycles. The summed E-state index contributed by atoms with van der Waals surface area (Å²) in [5, 5.41) is 7.26. The van der Waals surface area contributed by atoms with Gasteiger partial charge in [0.1, 0.15) is 0 Å². The monoisotopic (exact) mass is 769 g/mol. The lowest BCUT2D eigenvalue weighted by Crippen LogP contribution is -2.47. The van der Waals surface area contributed by atoms with Crippen LogP contribution in [0.2, 0.25) is 10.0 Å². The minimum atomic E-state index is -2.55.